The van der Waals surface area contributed by atoms with Crippen molar-refractivity contribution in [3.8, 4) is 0 Å². The van der Waals surface area contributed by atoms with Crippen LogP contribution in [0.1, 0.15) is 53.9 Å². The first-order valence-electron chi connectivity index (χ1n) is 10.9. The molecule has 1 saturated heterocycles. The molecule has 3 nitrogen and oxygen atoms in total. The Morgan fingerprint density at radius 2 is 1.47 bits per heavy atom. The molecule has 1 fully saturated rings. The Labute approximate surface area is 192 Å². The molecular weight excluding hydrogens is 465 g/mol. The first kappa shape index (κ1) is 26.0. The summed E-state index contributed by atoms with van der Waals surface area (Å²) in [4.78, 5) is 14.3. The Balaban J connectivity index is 1.43. The van der Waals surface area contributed by atoms with E-state index in [0.29, 0.717) is 31.0 Å². The fourth-order valence-electron chi connectivity index (χ4n) is 4.10. The van der Waals surface area contributed by atoms with E-state index in [1.54, 1.807) is 12.1 Å². The van der Waals surface area contributed by atoms with E-state index in [-0.39, 0.29) is 23.9 Å². The summed E-state index contributed by atoms with van der Waals surface area (Å²) in [7, 11) is 0. The van der Waals surface area contributed by atoms with E-state index in [2.05, 4.69) is 10.2 Å². The molecular formula is C24H25F7N2O. The number of piperidine rings is 1. The summed E-state index contributed by atoms with van der Waals surface area (Å²) >= 11 is 0. The van der Waals surface area contributed by atoms with E-state index in [1.807, 2.05) is 0 Å². The SMILES string of the molecule is O=C(CCCN1CCC(c2ccc(F)cc2)CC1)NCc1cc(C(F)(F)F)cc(C(F)(F)F)c1. The van der Waals surface area contributed by atoms with Gasteiger partial charge in [-0.3, -0.25) is 4.79 Å². The number of carbonyl (C=O) groups excluding carboxylic acids is 1. The number of halogens is 7. The molecule has 0 saturated carbocycles. The van der Waals surface area contributed by atoms with Gasteiger partial charge in [0.05, 0.1) is 11.1 Å². The zero-order valence-electron chi connectivity index (χ0n) is 18.3. The lowest BCUT2D eigenvalue weighted by Gasteiger charge is -2.32. The second-order valence-electron chi connectivity index (χ2n) is 8.46. The smallest absolute Gasteiger partial charge is 0.352 e. The van der Waals surface area contributed by atoms with Gasteiger partial charge in [0.25, 0.3) is 0 Å². The predicted octanol–water partition coefficient (Wildman–Crippen LogP) is 6.14. The Morgan fingerprint density at radius 3 is 2.00 bits per heavy atom. The Bertz CT molecular complexity index is 931. The molecule has 2 aromatic rings. The minimum atomic E-state index is -4.93. The van der Waals surface area contributed by atoms with Gasteiger partial charge in [0.1, 0.15) is 5.82 Å². The summed E-state index contributed by atoms with van der Waals surface area (Å²) in [6.07, 6.45) is -7.40. The highest BCUT2D eigenvalue weighted by Crippen LogP contribution is 2.36. The fraction of sp³-hybridized carbons (Fsp3) is 0.458. The standard InChI is InChI=1S/C24H25F7N2O/c25-21-5-3-17(4-6-21)18-7-10-33(11-8-18)9-1-2-22(34)32-15-16-12-19(23(26,27)28)14-20(13-16)24(29,30)31/h3-6,12-14,18H,1-2,7-11,15H2,(H,32,34). The van der Waals surface area contributed by atoms with Crippen LogP contribution in [0.15, 0.2) is 42.5 Å². The minimum absolute atomic E-state index is 0.0601. The molecule has 0 unspecified atom stereocenters. The zero-order valence-corrected chi connectivity index (χ0v) is 18.3. The van der Waals surface area contributed by atoms with Crippen LogP contribution in [0.3, 0.4) is 0 Å². The lowest BCUT2D eigenvalue weighted by Crippen LogP contribution is -2.34. The van der Waals surface area contributed by atoms with E-state index in [0.717, 1.165) is 31.5 Å². The maximum Gasteiger partial charge on any atom is 0.416 e. The molecule has 0 spiro atoms. The number of amides is 1. The maximum absolute atomic E-state index is 13.1. The first-order valence-corrected chi connectivity index (χ1v) is 10.9. The second kappa shape index (κ2) is 10.8. The molecule has 34 heavy (non-hydrogen) atoms. The monoisotopic (exact) mass is 490 g/mol. The van der Waals surface area contributed by atoms with Crippen molar-refractivity contribution in [2.75, 3.05) is 19.6 Å². The minimum Gasteiger partial charge on any atom is -0.352 e. The molecule has 1 heterocycles. The number of rotatable bonds is 7. The number of carbonyl (C=O) groups is 1. The van der Waals surface area contributed by atoms with Crippen molar-refractivity contribution in [3.05, 3.63) is 70.5 Å². The van der Waals surface area contributed by atoms with Crippen molar-refractivity contribution in [3.63, 3.8) is 0 Å². The van der Waals surface area contributed by atoms with Gasteiger partial charge in [-0.15, -0.1) is 0 Å². The topological polar surface area (TPSA) is 32.3 Å². The molecule has 1 amide bonds. The number of likely N-dealkylation sites (tertiary alicyclic amines) is 1. The summed E-state index contributed by atoms with van der Waals surface area (Å²) in [5.41, 5.74) is -1.98. The molecule has 0 aliphatic carbocycles. The van der Waals surface area contributed by atoms with Gasteiger partial charge in [0, 0.05) is 13.0 Å². The highest BCUT2D eigenvalue weighted by atomic mass is 19.4. The third-order valence-electron chi connectivity index (χ3n) is 5.94. The molecule has 0 atom stereocenters. The van der Waals surface area contributed by atoms with Crippen molar-refractivity contribution >= 4 is 5.91 Å². The van der Waals surface area contributed by atoms with Gasteiger partial charge in [-0.25, -0.2) is 4.39 Å². The second-order valence-corrected chi connectivity index (χ2v) is 8.46. The largest absolute Gasteiger partial charge is 0.416 e. The number of nitrogens with one attached hydrogen (secondary N) is 1. The maximum atomic E-state index is 13.1. The van der Waals surface area contributed by atoms with Crippen molar-refractivity contribution in [1.29, 1.82) is 0 Å². The number of nitrogens with zero attached hydrogens (tertiary/aromatic N) is 1. The molecule has 1 aliphatic heterocycles. The highest BCUT2D eigenvalue weighted by molar-refractivity contribution is 5.75. The molecule has 2 aromatic carbocycles. The average molecular weight is 490 g/mol. The van der Waals surface area contributed by atoms with Crippen LogP contribution in [0, 0.1) is 5.82 Å². The van der Waals surface area contributed by atoms with Gasteiger partial charge < -0.3 is 10.2 Å². The summed E-state index contributed by atoms with van der Waals surface area (Å²) in [5, 5.41) is 2.40. The average Bonchev–Trinajstić information content (AvgIpc) is 2.77. The van der Waals surface area contributed by atoms with Crippen LogP contribution in [0.2, 0.25) is 0 Å². The van der Waals surface area contributed by atoms with Gasteiger partial charge in [-0.2, -0.15) is 26.3 Å². The van der Waals surface area contributed by atoms with Crippen LogP contribution in [0.4, 0.5) is 30.7 Å². The van der Waals surface area contributed by atoms with Crippen LogP contribution >= 0.6 is 0 Å². The Hall–Kier alpha value is -2.62. The molecule has 0 aromatic heterocycles. The lowest BCUT2D eigenvalue weighted by molar-refractivity contribution is -0.143. The zero-order chi connectivity index (χ0) is 24.9. The van der Waals surface area contributed by atoms with Crippen molar-refractivity contribution < 1.29 is 35.5 Å². The number of alkyl halides is 6. The molecule has 186 valence electrons. The predicted molar refractivity (Wildman–Crippen MR) is 112 cm³/mol. The van der Waals surface area contributed by atoms with Crippen LogP contribution < -0.4 is 5.32 Å². The van der Waals surface area contributed by atoms with Gasteiger partial charge in [-0.1, -0.05) is 12.1 Å². The quantitative estimate of drug-likeness (QED) is 0.473. The molecule has 0 bridgehead atoms. The first-order chi connectivity index (χ1) is 15.9. The van der Waals surface area contributed by atoms with E-state index in [1.165, 1.54) is 12.1 Å². The third-order valence-corrected chi connectivity index (χ3v) is 5.94. The lowest BCUT2D eigenvalue weighted by atomic mass is 9.89. The van der Waals surface area contributed by atoms with Crippen LogP contribution in [0.5, 0.6) is 0 Å². The summed E-state index contributed by atoms with van der Waals surface area (Å²) in [5.74, 6) is -0.352. The number of hydrogen-bond donors (Lipinski definition) is 1. The molecule has 10 heteroatoms. The molecule has 1 N–H and O–H groups in total. The van der Waals surface area contributed by atoms with Gasteiger partial charge in [-0.05, 0) is 86.3 Å². The molecule has 0 radical (unpaired) electrons. The number of benzene rings is 2. The number of hydrogen-bond acceptors (Lipinski definition) is 2. The van der Waals surface area contributed by atoms with Crippen molar-refractivity contribution in [2.45, 2.75) is 50.5 Å². The van der Waals surface area contributed by atoms with Gasteiger partial charge in [0.15, 0.2) is 0 Å². The summed E-state index contributed by atoms with van der Waals surface area (Å²) in [6, 6.07) is 7.77. The molecule has 1 aliphatic rings. The van der Waals surface area contributed by atoms with Crippen molar-refractivity contribution in [2.24, 2.45) is 0 Å². The van der Waals surface area contributed by atoms with Crippen LogP contribution in [-0.2, 0) is 23.7 Å². The van der Waals surface area contributed by atoms with Gasteiger partial charge >= 0.3 is 12.4 Å². The summed E-state index contributed by atoms with van der Waals surface area (Å²) in [6.45, 7) is 1.89. The molecule has 3 rings (SSSR count). The van der Waals surface area contributed by atoms with Crippen LogP contribution in [-0.4, -0.2) is 30.4 Å². The Kier molecular flexibility index (Phi) is 8.22. The van der Waals surface area contributed by atoms with Gasteiger partial charge in [0.2, 0.25) is 5.91 Å². The fourth-order valence-corrected chi connectivity index (χ4v) is 4.10. The Morgan fingerprint density at radius 1 is 0.912 bits per heavy atom. The van der Waals surface area contributed by atoms with E-state index in [9.17, 15) is 35.5 Å². The normalized spacial score (nSPS) is 16.0. The van der Waals surface area contributed by atoms with Crippen molar-refractivity contribution in [1.82, 2.24) is 10.2 Å². The van der Waals surface area contributed by atoms with E-state index in [4.69, 9.17) is 0 Å². The van der Waals surface area contributed by atoms with E-state index < -0.39 is 35.9 Å². The highest BCUT2D eigenvalue weighted by Gasteiger charge is 2.36. The third kappa shape index (κ3) is 7.44. The summed E-state index contributed by atoms with van der Waals surface area (Å²) < 4.78 is 90.7. The van der Waals surface area contributed by atoms with Crippen LogP contribution in [0.25, 0.3) is 0 Å². The van der Waals surface area contributed by atoms with E-state index >= 15 is 0 Å².